The first-order valence-corrected chi connectivity index (χ1v) is 6.99. The molecule has 4 N–H and O–H groups in total. The molecule has 0 saturated carbocycles. The van der Waals surface area contributed by atoms with Crippen LogP contribution in [0.15, 0.2) is 29.2 Å². The maximum atomic E-state index is 10.2. The Kier molecular flexibility index (Phi) is 11.7. The Morgan fingerprint density at radius 3 is 2.11 bits per heavy atom. The second-order valence-electron chi connectivity index (χ2n) is 3.33. The summed E-state index contributed by atoms with van der Waals surface area (Å²) in [7, 11) is 0. The third-order valence-electron chi connectivity index (χ3n) is 1.75. The molecular weight excluding hydrogens is 290 g/mol. The number of hydrogen-bond acceptors (Lipinski definition) is 5. The summed E-state index contributed by atoms with van der Waals surface area (Å²) in [6, 6.07) is 7.09. The molecule has 5 nitrogen and oxygen atoms in total. The number of carboxylic acid groups (broad SMARTS) is 1. The molecule has 0 amide bonds. The Hall–Kier alpha value is -0.790. The summed E-state index contributed by atoms with van der Waals surface area (Å²) in [6.07, 6.45) is 0. The van der Waals surface area contributed by atoms with E-state index in [4.69, 9.17) is 26.9 Å². The molecule has 0 aliphatic heterocycles. The number of benzene rings is 1. The Morgan fingerprint density at radius 1 is 1.16 bits per heavy atom. The number of carboxylic acids is 1. The first-order valence-electron chi connectivity index (χ1n) is 5.62. The summed E-state index contributed by atoms with van der Waals surface area (Å²) in [5, 5.41) is 28.1. The first-order chi connectivity index (χ1) is 9.10. The van der Waals surface area contributed by atoms with Gasteiger partial charge in [0.1, 0.15) is 0 Å². The number of hydrogen-bond donors (Lipinski definition) is 4. The highest BCUT2D eigenvalue weighted by Gasteiger charge is 1.98. The van der Waals surface area contributed by atoms with Crippen LogP contribution >= 0.6 is 23.4 Å². The number of rotatable bonds is 7. The summed E-state index contributed by atoms with van der Waals surface area (Å²) in [6.45, 7) is 1.42. The molecule has 0 spiro atoms. The molecule has 1 aromatic carbocycles. The van der Waals surface area contributed by atoms with E-state index in [1.54, 1.807) is 24.3 Å². The van der Waals surface area contributed by atoms with Crippen LogP contribution in [0, 0.1) is 0 Å². The highest BCUT2D eigenvalue weighted by atomic mass is 35.5. The molecule has 0 heterocycles. The van der Waals surface area contributed by atoms with Crippen LogP contribution in [0.4, 0.5) is 0 Å². The average Bonchev–Trinajstić information content (AvgIpc) is 2.39. The number of aliphatic hydroxyl groups excluding tert-OH is 2. The van der Waals surface area contributed by atoms with Gasteiger partial charge >= 0.3 is 5.97 Å². The Labute approximate surface area is 121 Å². The van der Waals surface area contributed by atoms with E-state index in [2.05, 4.69) is 5.32 Å². The first kappa shape index (κ1) is 18.2. The van der Waals surface area contributed by atoms with E-state index < -0.39 is 5.97 Å². The van der Waals surface area contributed by atoms with Gasteiger partial charge in [-0.1, -0.05) is 11.6 Å². The van der Waals surface area contributed by atoms with Crippen LogP contribution in [0.2, 0.25) is 5.02 Å². The predicted molar refractivity (Wildman–Crippen MR) is 76.9 cm³/mol. The molecule has 1 aromatic rings. The van der Waals surface area contributed by atoms with Gasteiger partial charge in [-0.05, 0) is 24.3 Å². The summed E-state index contributed by atoms with van der Waals surface area (Å²) < 4.78 is 0. The lowest BCUT2D eigenvalue weighted by molar-refractivity contribution is -0.133. The molecule has 19 heavy (non-hydrogen) atoms. The van der Waals surface area contributed by atoms with Crippen molar-refractivity contribution in [1.82, 2.24) is 5.32 Å². The van der Waals surface area contributed by atoms with Crippen molar-refractivity contribution in [2.24, 2.45) is 0 Å². The number of nitrogens with one attached hydrogen (secondary N) is 1. The van der Waals surface area contributed by atoms with E-state index in [1.807, 2.05) is 0 Å². The van der Waals surface area contributed by atoms with Gasteiger partial charge in [-0.25, -0.2) is 0 Å². The van der Waals surface area contributed by atoms with E-state index >= 15 is 0 Å². The Morgan fingerprint density at radius 2 is 1.68 bits per heavy atom. The van der Waals surface area contributed by atoms with Gasteiger partial charge in [0.05, 0.1) is 19.0 Å². The van der Waals surface area contributed by atoms with E-state index in [0.717, 1.165) is 4.90 Å². The van der Waals surface area contributed by atoms with Crippen LogP contribution in [0.1, 0.15) is 0 Å². The third-order valence-corrected chi connectivity index (χ3v) is 3.00. The monoisotopic (exact) mass is 307 g/mol. The largest absolute Gasteiger partial charge is 0.481 e. The number of halogens is 1. The van der Waals surface area contributed by atoms with Crippen molar-refractivity contribution in [1.29, 1.82) is 0 Å². The minimum Gasteiger partial charge on any atom is -0.481 e. The maximum absolute atomic E-state index is 10.2. The number of aliphatic hydroxyl groups is 2. The van der Waals surface area contributed by atoms with Crippen molar-refractivity contribution in [2.45, 2.75) is 4.90 Å². The molecule has 0 aromatic heterocycles. The highest BCUT2D eigenvalue weighted by molar-refractivity contribution is 8.00. The van der Waals surface area contributed by atoms with Gasteiger partial charge in [0.25, 0.3) is 0 Å². The van der Waals surface area contributed by atoms with Crippen molar-refractivity contribution in [2.75, 3.05) is 32.1 Å². The van der Waals surface area contributed by atoms with E-state index in [1.165, 1.54) is 11.8 Å². The fraction of sp³-hybridized carbons (Fsp3) is 0.417. The summed E-state index contributed by atoms with van der Waals surface area (Å²) in [5.74, 6) is -0.725. The molecule has 0 aliphatic carbocycles. The number of carbonyl (C=O) groups is 1. The standard InChI is InChI=1S/C8H7ClO2S.C4H11NO2/c9-6-1-3-7(4-2-6)12-5-8(10)11;6-3-1-5-2-4-7/h1-4H,5H2,(H,10,11);5-7H,1-4H2. The van der Waals surface area contributed by atoms with Crippen LogP contribution < -0.4 is 5.32 Å². The predicted octanol–water partition coefficient (Wildman–Crippen LogP) is 1.08. The second-order valence-corrected chi connectivity index (χ2v) is 4.82. The molecule has 7 heteroatoms. The summed E-state index contributed by atoms with van der Waals surface area (Å²) in [5.41, 5.74) is 0. The minimum atomic E-state index is -0.810. The molecule has 0 fully saturated rings. The average molecular weight is 308 g/mol. The van der Waals surface area contributed by atoms with Gasteiger partial charge in [-0.3, -0.25) is 4.79 Å². The van der Waals surface area contributed by atoms with Crippen molar-refractivity contribution in [3.63, 3.8) is 0 Å². The molecule has 0 aliphatic rings. The quantitative estimate of drug-likeness (QED) is 0.445. The minimum absolute atomic E-state index is 0.0850. The summed E-state index contributed by atoms with van der Waals surface area (Å²) in [4.78, 5) is 11.1. The smallest absolute Gasteiger partial charge is 0.313 e. The molecule has 0 radical (unpaired) electrons. The van der Waals surface area contributed by atoms with Gasteiger partial charge in [0.15, 0.2) is 0 Å². The molecule has 1 rings (SSSR count). The zero-order valence-electron chi connectivity index (χ0n) is 10.4. The number of thioether (sulfide) groups is 1. The molecular formula is C12H18ClNO4S. The van der Waals surface area contributed by atoms with Crippen molar-refractivity contribution >= 4 is 29.3 Å². The van der Waals surface area contributed by atoms with Crippen LogP contribution in [0.5, 0.6) is 0 Å². The SMILES string of the molecule is O=C(O)CSc1ccc(Cl)cc1.OCCNCCO. The topological polar surface area (TPSA) is 89.8 Å². The van der Waals surface area contributed by atoms with E-state index in [0.29, 0.717) is 18.1 Å². The highest BCUT2D eigenvalue weighted by Crippen LogP contribution is 2.19. The van der Waals surface area contributed by atoms with Gasteiger partial charge in [-0.2, -0.15) is 0 Å². The molecule has 0 unspecified atom stereocenters. The maximum Gasteiger partial charge on any atom is 0.313 e. The van der Waals surface area contributed by atoms with E-state index in [9.17, 15) is 4.79 Å². The van der Waals surface area contributed by atoms with Crippen LogP contribution in [0.3, 0.4) is 0 Å². The number of aliphatic carboxylic acids is 1. The van der Waals surface area contributed by atoms with Crippen molar-refractivity contribution < 1.29 is 20.1 Å². The van der Waals surface area contributed by atoms with Gasteiger partial charge in [-0.15, -0.1) is 11.8 Å². The Bertz CT molecular complexity index is 344. The lowest BCUT2D eigenvalue weighted by Crippen LogP contribution is -2.21. The van der Waals surface area contributed by atoms with Crippen molar-refractivity contribution in [3.8, 4) is 0 Å². The van der Waals surface area contributed by atoms with Crippen LogP contribution in [0.25, 0.3) is 0 Å². The van der Waals surface area contributed by atoms with Crippen LogP contribution in [-0.4, -0.2) is 53.3 Å². The van der Waals surface area contributed by atoms with E-state index in [-0.39, 0.29) is 19.0 Å². The van der Waals surface area contributed by atoms with Gasteiger partial charge < -0.3 is 20.6 Å². The lowest BCUT2D eigenvalue weighted by atomic mass is 10.4. The third kappa shape index (κ3) is 12.0. The zero-order valence-corrected chi connectivity index (χ0v) is 12.0. The van der Waals surface area contributed by atoms with Crippen molar-refractivity contribution in [3.05, 3.63) is 29.3 Å². The van der Waals surface area contributed by atoms with Gasteiger partial charge in [0.2, 0.25) is 0 Å². The zero-order chi connectivity index (χ0) is 14.5. The second kappa shape index (κ2) is 12.3. The molecule has 0 atom stereocenters. The lowest BCUT2D eigenvalue weighted by Gasteiger charge is -1.97. The van der Waals surface area contributed by atoms with Gasteiger partial charge in [0, 0.05) is 23.0 Å². The van der Waals surface area contributed by atoms with Crippen LogP contribution in [-0.2, 0) is 4.79 Å². The fourth-order valence-electron chi connectivity index (χ4n) is 0.959. The normalized spacial score (nSPS) is 9.63. The molecule has 108 valence electrons. The fourth-order valence-corrected chi connectivity index (χ4v) is 1.70. The molecule has 0 bridgehead atoms. The Balaban J connectivity index is 0.000000399. The molecule has 0 saturated heterocycles. The summed E-state index contributed by atoms with van der Waals surface area (Å²) >= 11 is 6.93.